The summed E-state index contributed by atoms with van der Waals surface area (Å²) < 4.78 is 24.4. The van der Waals surface area contributed by atoms with E-state index >= 15 is 0 Å². The number of Topliss-reactive ketones (excluding diaryl/α,β-unsaturated/α-hetero) is 1. The van der Waals surface area contributed by atoms with Crippen LogP contribution < -0.4 is 16.6 Å². The van der Waals surface area contributed by atoms with Gasteiger partial charge >= 0.3 is 11.8 Å². The van der Waals surface area contributed by atoms with Crippen LogP contribution in [0.25, 0.3) is 0 Å². The Balaban J connectivity index is 1.84. The van der Waals surface area contributed by atoms with Gasteiger partial charge in [0.15, 0.2) is 0 Å². The van der Waals surface area contributed by atoms with Crippen LogP contribution in [0.5, 0.6) is 0 Å². The average Bonchev–Trinajstić information content (AvgIpc) is 3.05. The number of hydrogen-bond acceptors (Lipinski definition) is 9. The van der Waals surface area contributed by atoms with Crippen molar-refractivity contribution >= 4 is 11.9 Å². The van der Waals surface area contributed by atoms with Crippen LogP contribution in [-0.2, 0) is 26.6 Å². The fraction of sp³-hybridized carbons (Fsp3) is 0.368. The van der Waals surface area contributed by atoms with Gasteiger partial charge in [0.1, 0.15) is 24.9 Å². The Bertz CT molecular complexity index is 1100. The van der Waals surface area contributed by atoms with Gasteiger partial charge in [-0.2, -0.15) is 4.39 Å². The standard InChI is InChI=1S/C19H20FN3O9/c20-11-7-23(17(29)22-16(11)28)19(15(27)14(26)12(8-24)32-19)13(25)6-21-18(30)31-9-10-4-2-1-3-5-10/h1-5,7,12,14-15,24,26-27H,6,8-9H2,(H,21,30)(H,22,28,29)/t12-,14-,15-,19-/m1/s1. The van der Waals surface area contributed by atoms with Crippen LogP contribution in [0.2, 0.25) is 0 Å². The number of carbonyl (C=O) groups excluding carboxylic acids is 2. The van der Waals surface area contributed by atoms with Crippen LogP contribution in [0, 0.1) is 5.82 Å². The number of halogens is 1. The highest BCUT2D eigenvalue weighted by atomic mass is 19.1. The molecular formula is C19H20FN3O9. The molecule has 2 aromatic rings. The Labute approximate surface area is 178 Å². The number of alkyl carbamates (subject to hydrolysis) is 1. The summed E-state index contributed by atoms with van der Waals surface area (Å²) in [5.74, 6) is -2.67. The first-order valence-electron chi connectivity index (χ1n) is 9.35. The molecule has 4 atom stereocenters. The smallest absolute Gasteiger partial charge is 0.407 e. The van der Waals surface area contributed by atoms with E-state index in [9.17, 15) is 38.9 Å². The second kappa shape index (κ2) is 9.40. The predicted molar refractivity (Wildman–Crippen MR) is 103 cm³/mol. The van der Waals surface area contributed by atoms with E-state index in [1.54, 1.807) is 35.3 Å². The number of carbonyl (C=O) groups is 2. The first-order valence-corrected chi connectivity index (χ1v) is 9.35. The molecule has 3 rings (SSSR count). The van der Waals surface area contributed by atoms with Gasteiger partial charge in [0.25, 0.3) is 5.56 Å². The highest BCUT2D eigenvalue weighted by Gasteiger charge is 2.60. The lowest BCUT2D eigenvalue weighted by atomic mass is 9.97. The molecule has 1 aliphatic heterocycles. The number of benzene rings is 1. The SMILES string of the molecule is O=C(NCC(=O)[C@@]1(n2cc(F)c(=O)[nH]c2=O)O[C@H](CO)[C@@H](O)[C@H]1O)OCc1ccccc1. The Morgan fingerprint density at radius 2 is 1.94 bits per heavy atom. The number of H-pyrrole nitrogens is 1. The summed E-state index contributed by atoms with van der Waals surface area (Å²) in [5.41, 5.74) is -4.80. The van der Waals surface area contributed by atoms with Crippen molar-refractivity contribution in [1.82, 2.24) is 14.9 Å². The molecular weight excluding hydrogens is 433 g/mol. The van der Waals surface area contributed by atoms with Crippen LogP contribution in [0.3, 0.4) is 0 Å². The third-order valence-electron chi connectivity index (χ3n) is 4.88. The molecule has 172 valence electrons. The number of nitrogens with one attached hydrogen (secondary N) is 2. The van der Waals surface area contributed by atoms with Gasteiger partial charge in [-0.1, -0.05) is 30.3 Å². The Hall–Kier alpha value is -3.39. The summed E-state index contributed by atoms with van der Waals surface area (Å²) in [6.45, 7) is -1.84. The summed E-state index contributed by atoms with van der Waals surface area (Å²) in [4.78, 5) is 50.2. The van der Waals surface area contributed by atoms with E-state index in [1.807, 2.05) is 0 Å². The van der Waals surface area contributed by atoms with Crippen molar-refractivity contribution in [3.8, 4) is 0 Å². The van der Waals surface area contributed by atoms with Crippen molar-refractivity contribution in [3.63, 3.8) is 0 Å². The van der Waals surface area contributed by atoms with Crippen LogP contribution in [-0.4, -0.2) is 68.2 Å². The van der Waals surface area contributed by atoms with Gasteiger partial charge in [0, 0.05) is 0 Å². The van der Waals surface area contributed by atoms with Gasteiger partial charge in [0.05, 0.1) is 19.3 Å². The van der Waals surface area contributed by atoms with Gasteiger partial charge in [-0.15, -0.1) is 0 Å². The maximum atomic E-state index is 13.9. The zero-order valence-corrected chi connectivity index (χ0v) is 16.4. The molecule has 0 saturated carbocycles. The van der Waals surface area contributed by atoms with E-state index in [1.165, 1.54) is 0 Å². The zero-order chi connectivity index (χ0) is 23.5. The molecule has 0 unspecified atom stereocenters. The van der Waals surface area contributed by atoms with Gasteiger partial charge in [-0.05, 0) is 5.56 Å². The number of nitrogens with zero attached hydrogens (tertiary/aromatic N) is 1. The lowest BCUT2D eigenvalue weighted by molar-refractivity contribution is -0.175. The van der Waals surface area contributed by atoms with Crippen molar-refractivity contribution in [2.45, 2.75) is 30.6 Å². The molecule has 1 fully saturated rings. The second-order valence-corrected chi connectivity index (χ2v) is 6.92. The molecule has 12 nitrogen and oxygen atoms in total. The molecule has 0 bridgehead atoms. The van der Waals surface area contributed by atoms with Crippen molar-refractivity contribution in [2.24, 2.45) is 0 Å². The van der Waals surface area contributed by atoms with Crippen molar-refractivity contribution in [2.75, 3.05) is 13.2 Å². The van der Waals surface area contributed by atoms with Gasteiger partial charge in [-0.3, -0.25) is 19.1 Å². The van der Waals surface area contributed by atoms with E-state index < -0.39 is 66.1 Å². The average molecular weight is 453 g/mol. The molecule has 0 radical (unpaired) electrons. The van der Waals surface area contributed by atoms with E-state index in [0.29, 0.717) is 11.8 Å². The molecule has 1 saturated heterocycles. The lowest BCUT2D eigenvalue weighted by Gasteiger charge is -2.32. The van der Waals surface area contributed by atoms with Crippen LogP contribution in [0.4, 0.5) is 9.18 Å². The summed E-state index contributed by atoms with van der Waals surface area (Å²) in [5, 5.41) is 32.1. The number of ether oxygens (including phenoxy) is 2. The zero-order valence-electron chi connectivity index (χ0n) is 16.4. The summed E-state index contributed by atoms with van der Waals surface area (Å²) >= 11 is 0. The van der Waals surface area contributed by atoms with E-state index in [2.05, 4.69) is 5.32 Å². The molecule has 0 spiro atoms. The third kappa shape index (κ3) is 4.31. The number of ketones is 1. The Kier molecular flexibility index (Phi) is 6.84. The summed E-state index contributed by atoms with van der Waals surface area (Å²) in [6, 6.07) is 8.62. The molecule has 13 heteroatoms. The topological polar surface area (TPSA) is 180 Å². The van der Waals surface area contributed by atoms with Crippen LogP contribution in [0.15, 0.2) is 46.1 Å². The molecule has 32 heavy (non-hydrogen) atoms. The second-order valence-electron chi connectivity index (χ2n) is 6.92. The monoisotopic (exact) mass is 453 g/mol. The van der Waals surface area contributed by atoms with Crippen molar-refractivity contribution in [1.29, 1.82) is 0 Å². The molecule has 1 aliphatic rings. The first-order chi connectivity index (χ1) is 15.2. The summed E-state index contributed by atoms with van der Waals surface area (Å²) in [7, 11) is 0. The number of aliphatic hydroxyl groups excluding tert-OH is 3. The molecule has 1 aromatic carbocycles. The molecule has 1 aromatic heterocycles. The van der Waals surface area contributed by atoms with Crippen molar-refractivity contribution < 1.29 is 38.8 Å². The normalized spacial score (nSPS) is 24.8. The lowest BCUT2D eigenvalue weighted by Crippen LogP contribution is -2.59. The van der Waals surface area contributed by atoms with Gasteiger partial charge in [0.2, 0.25) is 17.3 Å². The number of aromatic nitrogens is 2. The molecule has 2 heterocycles. The van der Waals surface area contributed by atoms with Crippen molar-refractivity contribution in [3.05, 3.63) is 68.7 Å². The number of rotatable bonds is 7. The van der Waals surface area contributed by atoms with Gasteiger partial charge in [-0.25, -0.2) is 9.59 Å². The van der Waals surface area contributed by atoms with Crippen LogP contribution in [0.1, 0.15) is 5.56 Å². The number of hydrogen-bond donors (Lipinski definition) is 5. The highest BCUT2D eigenvalue weighted by molar-refractivity contribution is 5.90. The fourth-order valence-corrected chi connectivity index (χ4v) is 3.26. The predicted octanol–water partition coefficient (Wildman–Crippen LogP) is -2.06. The Morgan fingerprint density at radius 3 is 2.56 bits per heavy atom. The maximum Gasteiger partial charge on any atom is 0.407 e. The van der Waals surface area contributed by atoms with E-state index in [4.69, 9.17) is 9.47 Å². The van der Waals surface area contributed by atoms with Crippen LogP contribution >= 0.6 is 0 Å². The summed E-state index contributed by atoms with van der Waals surface area (Å²) in [6.07, 6.45) is -6.24. The maximum absolute atomic E-state index is 13.9. The Morgan fingerprint density at radius 1 is 1.25 bits per heavy atom. The number of aromatic amines is 1. The molecule has 0 aliphatic carbocycles. The number of amides is 1. The quantitative estimate of drug-likeness (QED) is 0.315. The molecule has 5 N–H and O–H groups in total. The minimum absolute atomic E-state index is 0.110. The van der Waals surface area contributed by atoms with E-state index in [0.717, 1.165) is 0 Å². The highest BCUT2D eigenvalue weighted by Crippen LogP contribution is 2.35. The number of aliphatic hydroxyl groups is 3. The minimum Gasteiger partial charge on any atom is -0.445 e. The largest absolute Gasteiger partial charge is 0.445 e. The first kappa shape index (κ1) is 23.3. The van der Waals surface area contributed by atoms with Gasteiger partial charge < -0.3 is 30.1 Å². The third-order valence-corrected chi connectivity index (χ3v) is 4.88. The fourth-order valence-electron chi connectivity index (χ4n) is 3.26. The molecule has 1 amide bonds. The van der Waals surface area contributed by atoms with E-state index in [-0.39, 0.29) is 11.2 Å². The minimum atomic E-state index is -2.75.